The maximum absolute atomic E-state index is 12.5. The highest BCUT2D eigenvalue weighted by Gasteiger charge is 2.33. The van der Waals surface area contributed by atoms with Crippen LogP contribution in [0.5, 0.6) is 5.75 Å². The van der Waals surface area contributed by atoms with E-state index in [1.54, 1.807) is 19.1 Å². The Labute approximate surface area is 123 Å². The van der Waals surface area contributed by atoms with E-state index < -0.39 is 18.6 Å². The van der Waals surface area contributed by atoms with Gasteiger partial charge in [-0.1, -0.05) is 22.9 Å². The zero-order valence-electron chi connectivity index (χ0n) is 11.1. The summed E-state index contributed by atoms with van der Waals surface area (Å²) in [5.41, 5.74) is 0.119. The Balaban J connectivity index is 3.06. The van der Waals surface area contributed by atoms with Gasteiger partial charge in [0.25, 0.3) is 5.91 Å². The van der Waals surface area contributed by atoms with Crippen molar-refractivity contribution >= 4 is 21.8 Å². The number of benzene rings is 1. The number of amides is 1. The van der Waals surface area contributed by atoms with Crippen LogP contribution in [0.4, 0.5) is 13.2 Å². The van der Waals surface area contributed by atoms with Gasteiger partial charge >= 0.3 is 6.18 Å². The Bertz CT molecular complexity index is 477. The van der Waals surface area contributed by atoms with Crippen LogP contribution >= 0.6 is 15.9 Å². The number of ether oxygens (including phenoxy) is 1. The molecule has 1 rings (SSSR count). The molecule has 0 radical (unpaired) electrons. The van der Waals surface area contributed by atoms with Gasteiger partial charge in [-0.2, -0.15) is 13.2 Å². The average molecular weight is 354 g/mol. The highest BCUT2D eigenvalue weighted by molar-refractivity contribution is 9.10. The van der Waals surface area contributed by atoms with Gasteiger partial charge in [0.2, 0.25) is 0 Å². The molecule has 0 N–H and O–H groups in total. The quantitative estimate of drug-likeness (QED) is 0.803. The predicted molar refractivity (Wildman–Crippen MR) is 72.9 cm³/mol. The predicted octanol–water partition coefficient (Wildman–Crippen LogP) is 3.87. The topological polar surface area (TPSA) is 29.5 Å². The molecule has 0 aromatic heterocycles. The smallest absolute Gasteiger partial charge is 0.406 e. The van der Waals surface area contributed by atoms with Gasteiger partial charge in [-0.15, -0.1) is 0 Å². The van der Waals surface area contributed by atoms with Gasteiger partial charge in [-0.3, -0.25) is 4.79 Å². The Morgan fingerprint density at radius 2 is 2.05 bits per heavy atom. The molecule has 0 bridgehead atoms. The van der Waals surface area contributed by atoms with Crippen LogP contribution in [0.2, 0.25) is 0 Å². The summed E-state index contributed by atoms with van der Waals surface area (Å²) >= 11 is 3.22. The number of carbonyl (C=O) groups is 1. The standard InChI is InChI=1S/C13H15BrF3NO2/c1-3-6-18(8-13(15,16)17)12(19)10-5-4-9(14)7-11(10)20-2/h4-5,7H,3,6,8H2,1-2H3. The molecule has 0 saturated heterocycles. The first-order valence-electron chi connectivity index (χ1n) is 5.98. The molecule has 3 nitrogen and oxygen atoms in total. The molecule has 7 heteroatoms. The monoisotopic (exact) mass is 353 g/mol. The van der Waals surface area contributed by atoms with E-state index in [9.17, 15) is 18.0 Å². The molecule has 0 spiro atoms. The zero-order valence-corrected chi connectivity index (χ0v) is 12.7. The molecule has 1 aromatic rings. The van der Waals surface area contributed by atoms with Crippen molar-refractivity contribution in [2.75, 3.05) is 20.2 Å². The maximum Gasteiger partial charge on any atom is 0.406 e. The molecular formula is C13H15BrF3NO2. The Morgan fingerprint density at radius 1 is 1.40 bits per heavy atom. The van der Waals surface area contributed by atoms with E-state index >= 15 is 0 Å². The molecule has 112 valence electrons. The summed E-state index contributed by atoms with van der Waals surface area (Å²) in [6, 6.07) is 4.59. The van der Waals surface area contributed by atoms with Gasteiger partial charge in [-0.25, -0.2) is 0 Å². The van der Waals surface area contributed by atoms with Crippen LogP contribution in [-0.2, 0) is 0 Å². The summed E-state index contributed by atoms with van der Waals surface area (Å²) in [6.45, 7) is 0.492. The first kappa shape index (κ1) is 16.8. The van der Waals surface area contributed by atoms with Crippen molar-refractivity contribution in [3.05, 3.63) is 28.2 Å². The normalized spacial score (nSPS) is 11.3. The van der Waals surface area contributed by atoms with Crippen molar-refractivity contribution in [3.63, 3.8) is 0 Å². The highest BCUT2D eigenvalue weighted by atomic mass is 79.9. The number of carbonyl (C=O) groups excluding carboxylic acids is 1. The van der Waals surface area contributed by atoms with Gasteiger partial charge < -0.3 is 9.64 Å². The van der Waals surface area contributed by atoms with E-state index in [1.165, 1.54) is 13.2 Å². The van der Waals surface area contributed by atoms with E-state index in [2.05, 4.69) is 15.9 Å². The fourth-order valence-electron chi connectivity index (χ4n) is 1.75. The molecule has 1 aromatic carbocycles. The number of hydrogen-bond acceptors (Lipinski definition) is 2. The summed E-state index contributed by atoms with van der Waals surface area (Å²) in [7, 11) is 1.37. The summed E-state index contributed by atoms with van der Waals surface area (Å²) in [5.74, 6) is -0.443. The summed E-state index contributed by atoms with van der Waals surface area (Å²) < 4.78 is 43.3. The molecular weight excluding hydrogens is 339 g/mol. The average Bonchev–Trinajstić information content (AvgIpc) is 2.35. The molecule has 20 heavy (non-hydrogen) atoms. The summed E-state index contributed by atoms with van der Waals surface area (Å²) in [5, 5.41) is 0. The molecule has 0 heterocycles. The van der Waals surface area contributed by atoms with E-state index in [-0.39, 0.29) is 17.9 Å². The van der Waals surface area contributed by atoms with Crippen LogP contribution < -0.4 is 4.74 Å². The second-order valence-corrected chi connectivity index (χ2v) is 5.10. The van der Waals surface area contributed by atoms with Crippen LogP contribution in [0.25, 0.3) is 0 Å². The lowest BCUT2D eigenvalue weighted by Gasteiger charge is -2.24. The Kier molecular flexibility index (Phi) is 5.86. The van der Waals surface area contributed by atoms with Crippen LogP contribution in [0, 0.1) is 0 Å². The van der Waals surface area contributed by atoms with Crippen molar-refractivity contribution in [1.29, 1.82) is 0 Å². The molecule has 0 saturated carbocycles. The van der Waals surface area contributed by atoms with E-state index in [0.29, 0.717) is 10.9 Å². The molecule has 0 aliphatic rings. The van der Waals surface area contributed by atoms with Gasteiger partial charge in [0, 0.05) is 11.0 Å². The molecule has 0 atom stereocenters. The SMILES string of the molecule is CCCN(CC(F)(F)F)C(=O)c1ccc(Br)cc1OC. The number of alkyl halides is 3. The fourth-order valence-corrected chi connectivity index (χ4v) is 2.09. The third-order valence-electron chi connectivity index (χ3n) is 2.54. The first-order chi connectivity index (χ1) is 9.28. The Hall–Kier alpha value is -1.24. The minimum atomic E-state index is -4.42. The van der Waals surface area contributed by atoms with Crippen molar-refractivity contribution in [1.82, 2.24) is 4.90 Å². The van der Waals surface area contributed by atoms with Crippen LogP contribution in [-0.4, -0.2) is 37.2 Å². The lowest BCUT2D eigenvalue weighted by molar-refractivity contribution is -0.140. The minimum Gasteiger partial charge on any atom is -0.496 e. The summed E-state index contributed by atoms with van der Waals surface area (Å²) in [6.07, 6.45) is -3.98. The molecule has 0 aliphatic carbocycles. The lowest BCUT2D eigenvalue weighted by atomic mass is 10.1. The van der Waals surface area contributed by atoms with Gasteiger partial charge in [0.05, 0.1) is 12.7 Å². The third-order valence-corrected chi connectivity index (χ3v) is 3.04. The second-order valence-electron chi connectivity index (χ2n) is 4.19. The first-order valence-corrected chi connectivity index (χ1v) is 6.77. The fraction of sp³-hybridized carbons (Fsp3) is 0.462. The van der Waals surface area contributed by atoms with E-state index in [0.717, 1.165) is 4.90 Å². The summed E-state index contributed by atoms with van der Waals surface area (Å²) in [4.78, 5) is 13.0. The molecule has 0 fully saturated rings. The molecule has 1 amide bonds. The minimum absolute atomic E-state index is 0.0392. The maximum atomic E-state index is 12.5. The largest absolute Gasteiger partial charge is 0.496 e. The van der Waals surface area contributed by atoms with Gasteiger partial charge in [0.15, 0.2) is 0 Å². The number of hydrogen-bond donors (Lipinski definition) is 0. The van der Waals surface area contributed by atoms with Crippen molar-refractivity contribution in [3.8, 4) is 5.75 Å². The van der Waals surface area contributed by atoms with Crippen molar-refractivity contribution in [2.45, 2.75) is 19.5 Å². The number of halogens is 4. The molecule has 0 aliphatic heterocycles. The van der Waals surface area contributed by atoms with Gasteiger partial charge in [-0.05, 0) is 24.6 Å². The Morgan fingerprint density at radius 3 is 2.55 bits per heavy atom. The highest BCUT2D eigenvalue weighted by Crippen LogP contribution is 2.26. The van der Waals surface area contributed by atoms with Crippen LogP contribution in [0.1, 0.15) is 23.7 Å². The van der Waals surface area contributed by atoms with E-state index in [4.69, 9.17) is 4.74 Å². The zero-order chi connectivity index (χ0) is 15.3. The number of rotatable bonds is 5. The number of nitrogens with zero attached hydrogens (tertiary/aromatic N) is 1. The number of methoxy groups -OCH3 is 1. The van der Waals surface area contributed by atoms with Crippen LogP contribution in [0.15, 0.2) is 22.7 Å². The van der Waals surface area contributed by atoms with Gasteiger partial charge in [0.1, 0.15) is 12.3 Å². The second kappa shape index (κ2) is 6.97. The van der Waals surface area contributed by atoms with Crippen molar-refractivity contribution < 1.29 is 22.7 Å². The van der Waals surface area contributed by atoms with E-state index in [1.807, 2.05) is 0 Å². The van der Waals surface area contributed by atoms with Crippen LogP contribution in [0.3, 0.4) is 0 Å². The van der Waals surface area contributed by atoms with Crippen molar-refractivity contribution in [2.24, 2.45) is 0 Å². The lowest BCUT2D eigenvalue weighted by Crippen LogP contribution is -2.39. The third kappa shape index (κ3) is 4.70. The molecule has 0 unspecified atom stereocenters.